The van der Waals surface area contributed by atoms with E-state index < -0.39 is 0 Å². The molecule has 0 radical (unpaired) electrons. The van der Waals surface area contributed by atoms with Crippen LogP contribution < -0.4 is 10.6 Å². The first-order valence-electron chi connectivity index (χ1n) is 8.40. The van der Waals surface area contributed by atoms with Crippen molar-refractivity contribution < 1.29 is 9.53 Å². The smallest absolute Gasteiger partial charge is 0.341 e. The largest absolute Gasteiger partial charge is 0.465 e. The number of fused-ring (bicyclic) bond motifs is 1. The highest BCUT2D eigenvalue weighted by atomic mass is 32.1. The molecule has 1 heterocycles. The van der Waals surface area contributed by atoms with Gasteiger partial charge in [-0.3, -0.25) is 0 Å². The minimum absolute atomic E-state index is 0.291. The summed E-state index contributed by atoms with van der Waals surface area (Å²) in [6.07, 6.45) is 3.03. The summed E-state index contributed by atoms with van der Waals surface area (Å²) in [5.74, 6) is 0.355. The van der Waals surface area contributed by atoms with Gasteiger partial charge in [-0.2, -0.15) is 0 Å². The molecule has 0 fully saturated rings. The molecule has 0 spiro atoms. The Hall–Kier alpha value is -1.92. The van der Waals surface area contributed by atoms with Crippen molar-refractivity contribution in [1.82, 2.24) is 5.32 Å². The van der Waals surface area contributed by atoms with Gasteiger partial charge in [0.1, 0.15) is 5.00 Å². The Bertz CT molecular complexity index is 771. The zero-order valence-electron chi connectivity index (χ0n) is 14.4. The molecule has 0 bridgehead atoms. The lowest BCUT2D eigenvalue weighted by atomic mass is 9.88. The number of hydrogen-bond acceptors (Lipinski definition) is 4. The van der Waals surface area contributed by atoms with E-state index in [9.17, 15) is 4.79 Å². The summed E-state index contributed by atoms with van der Waals surface area (Å²) in [5, 5.41) is 7.70. The van der Waals surface area contributed by atoms with Crippen LogP contribution in [0, 0.1) is 5.92 Å². The highest BCUT2D eigenvalue weighted by Gasteiger charge is 2.28. The van der Waals surface area contributed by atoms with Crippen molar-refractivity contribution in [3.63, 3.8) is 0 Å². The van der Waals surface area contributed by atoms with Gasteiger partial charge < -0.3 is 15.4 Å². The van der Waals surface area contributed by atoms with Crippen LogP contribution in [0.25, 0.3) is 0 Å². The number of anilines is 1. The van der Waals surface area contributed by atoms with E-state index >= 15 is 0 Å². The van der Waals surface area contributed by atoms with E-state index in [1.165, 1.54) is 12.0 Å². The van der Waals surface area contributed by atoms with Crippen LogP contribution >= 0.6 is 23.6 Å². The van der Waals surface area contributed by atoms with Crippen LogP contribution in [0.1, 0.15) is 39.7 Å². The number of carbonyl (C=O) groups excluding carboxylic acids is 1. The minimum atomic E-state index is -0.291. The maximum Gasteiger partial charge on any atom is 0.341 e. The molecule has 1 unspecified atom stereocenters. The van der Waals surface area contributed by atoms with Gasteiger partial charge in [-0.1, -0.05) is 37.3 Å². The quantitative estimate of drug-likeness (QED) is 0.622. The number of rotatable bonds is 4. The van der Waals surface area contributed by atoms with E-state index in [-0.39, 0.29) is 5.97 Å². The van der Waals surface area contributed by atoms with Crippen molar-refractivity contribution in [2.24, 2.45) is 5.92 Å². The van der Waals surface area contributed by atoms with Crippen molar-refractivity contribution in [2.75, 3.05) is 12.4 Å². The molecular formula is C19H22N2O2S2. The summed E-state index contributed by atoms with van der Waals surface area (Å²) < 4.78 is 5.00. The standard InChI is InChI=1S/C19H22N2O2S2/c1-12-8-9-14-15(10-12)25-17(16(14)18(22)23-2)21-19(24)20-11-13-6-4-3-5-7-13/h3-7,12H,8-11H2,1-2H3,(H2,20,21,24). The average molecular weight is 375 g/mol. The monoisotopic (exact) mass is 374 g/mol. The van der Waals surface area contributed by atoms with Gasteiger partial charge in [0.25, 0.3) is 0 Å². The molecule has 0 aliphatic heterocycles. The molecule has 0 amide bonds. The van der Waals surface area contributed by atoms with Crippen molar-refractivity contribution in [1.29, 1.82) is 0 Å². The van der Waals surface area contributed by atoms with Crippen molar-refractivity contribution in [2.45, 2.75) is 32.7 Å². The molecular weight excluding hydrogens is 352 g/mol. The molecule has 0 saturated heterocycles. The van der Waals surface area contributed by atoms with Crippen LogP contribution in [0.15, 0.2) is 30.3 Å². The first kappa shape index (κ1) is 17.9. The summed E-state index contributed by atoms with van der Waals surface area (Å²) in [7, 11) is 1.42. The third-order valence-corrected chi connectivity index (χ3v) is 5.84. The number of hydrogen-bond donors (Lipinski definition) is 2. The Labute approximate surface area is 157 Å². The fourth-order valence-corrected chi connectivity index (χ4v) is 4.72. The SMILES string of the molecule is COC(=O)c1c(NC(=S)NCc2ccccc2)sc2c1CCC(C)C2. The topological polar surface area (TPSA) is 50.4 Å². The van der Waals surface area contributed by atoms with E-state index in [1.807, 2.05) is 30.3 Å². The molecule has 1 aromatic carbocycles. The van der Waals surface area contributed by atoms with Crippen LogP contribution in [0.2, 0.25) is 0 Å². The highest BCUT2D eigenvalue weighted by molar-refractivity contribution is 7.80. The number of benzene rings is 1. The molecule has 25 heavy (non-hydrogen) atoms. The second-order valence-corrected chi connectivity index (χ2v) is 7.85. The Balaban J connectivity index is 1.75. The Morgan fingerprint density at radius 2 is 2.12 bits per heavy atom. The predicted molar refractivity (Wildman–Crippen MR) is 106 cm³/mol. The zero-order chi connectivity index (χ0) is 17.8. The third kappa shape index (κ3) is 4.19. The van der Waals surface area contributed by atoms with E-state index in [0.29, 0.717) is 23.1 Å². The summed E-state index contributed by atoms with van der Waals surface area (Å²) in [6.45, 7) is 2.89. The second-order valence-electron chi connectivity index (χ2n) is 6.34. The number of esters is 1. The van der Waals surface area contributed by atoms with Crippen molar-refractivity contribution in [3.05, 3.63) is 51.9 Å². The number of methoxy groups -OCH3 is 1. The Morgan fingerprint density at radius 3 is 2.84 bits per heavy atom. The van der Waals surface area contributed by atoms with Gasteiger partial charge >= 0.3 is 5.97 Å². The fraction of sp³-hybridized carbons (Fsp3) is 0.368. The van der Waals surface area contributed by atoms with E-state index in [1.54, 1.807) is 11.3 Å². The number of nitrogens with one attached hydrogen (secondary N) is 2. The summed E-state index contributed by atoms with van der Waals surface area (Å²) in [5.41, 5.74) is 2.93. The number of thiocarbonyl (C=S) groups is 1. The zero-order valence-corrected chi connectivity index (χ0v) is 16.1. The van der Waals surface area contributed by atoms with E-state index in [0.717, 1.165) is 35.4 Å². The van der Waals surface area contributed by atoms with Gasteiger partial charge in [0, 0.05) is 11.4 Å². The number of carbonyl (C=O) groups is 1. The van der Waals surface area contributed by atoms with Crippen LogP contribution in [-0.4, -0.2) is 18.2 Å². The summed E-state index contributed by atoms with van der Waals surface area (Å²) in [6, 6.07) is 10.1. The molecule has 1 aliphatic rings. The fourth-order valence-electron chi connectivity index (χ4n) is 3.08. The maximum absolute atomic E-state index is 12.3. The lowest BCUT2D eigenvalue weighted by Crippen LogP contribution is -2.28. The van der Waals surface area contributed by atoms with Crippen LogP contribution in [0.5, 0.6) is 0 Å². The molecule has 2 aromatic rings. The van der Waals surface area contributed by atoms with Gasteiger partial charge in [0.2, 0.25) is 0 Å². The minimum Gasteiger partial charge on any atom is -0.465 e. The molecule has 1 aliphatic carbocycles. The van der Waals surface area contributed by atoms with Crippen molar-refractivity contribution in [3.8, 4) is 0 Å². The normalized spacial score (nSPS) is 16.0. The summed E-state index contributed by atoms with van der Waals surface area (Å²) in [4.78, 5) is 13.6. The van der Waals surface area contributed by atoms with Crippen LogP contribution in [0.4, 0.5) is 5.00 Å². The average Bonchev–Trinajstić information content (AvgIpc) is 2.97. The first-order chi connectivity index (χ1) is 12.1. The molecule has 132 valence electrons. The van der Waals surface area contributed by atoms with E-state index in [2.05, 4.69) is 17.6 Å². The number of ether oxygens (including phenoxy) is 1. The Morgan fingerprint density at radius 1 is 1.36 bits per heavy atom. The van der Waals surface area contributed by atoms with Gasteiger partial charge in [0.05, 0.1) is 12.7 Å². The van der Waals surface area contributed by atoms with Gasteiger partial charge in [-0.05, 0) is 48.5 Å². The Kier molecular flexibility index (Phi) is 5.71. The highest BCUT2D eigenvalue weighted by Crippen LogP contribution is 2.39. The molecule has 4 nitrogen and oxygen atoms in total. The lowest BCUT2D eigenvalue weighted by Gasteiger charge is -2.18. The molecule has 1 atom stereocenters. The van der Waals surface area contributed by atoms with Gasteiger partial charge in [-0.25, -0.2) is 4.79 Å². The van der Waals surface area contributed by atoms with Gasteiger partial charge in [0.15, 0.2) is 5.11 Å². The predicted octanol–water partition coefficient (Wildman–Crippen LogP) is 4.15. The molecule has 3 rings (SSSR count). The first-order valence-corrected chi connectivity index (χ1v) is 9.62. The maximum atomic E-state index is 12.3. The van der Waals surface area contributed by atoms with Crippen molar-refractivity contribution >= 4 is 39.6 Å². The summed E-state index contributed by atoms with van der Waals surface area (Å²) >= 11 is 7.03. The third-order valence-electron chi connectivity index (χ3n) is 4.42. The second kappa shape index (κ2) is 7.97. The number of thiophene rings is 1. The van der Waals surface area contributed by atoms with Crippen LogP contribution in [0.3, 0.4) is 0 Å². The molecule has 0 saturated carbocycles. The molecule has 6 heteroatoms. The van der Waals surface area contributed by atoms with Gasteiger partial charge in [-0.15, -0.1) is 11.3 Å². The van der Waals surface area contributed by atoms with E-state index in [4.69, 9.17) is 17.0 Å². The van der Waals surface area contributed by atoms with Crippen LogP contribution in [-0.2, 0) is 24.1 Å². The lowest BCUT2D eigenvalue weighted by molar-refractivity contribution is 0.0601. The molecule has 2 N–H and O–H groups in total. The molecule has 1 aromatic heterocycles.